The van der Waals surface area contributed by atoms with Crippen LogP contribution in [0.5, 0.6) is 0 Å². The number of carboxylic acids is 1. The smallest absolute Gasteiger partial charge is 0.550 e. The molecule has 0 amide bonds. The maximum Gasteiger partial charge on any atom is 1.00 e. The number of carboxylic acid groups (broad SMARTS) is 1. The third kappa shape index (κ3) is 19.4. The molecular weight excluding hydrogens is 343 g/mol. The molecule has 0 heterocycles. The Balaban J connectivity index is 0. The monoisotopic (exact) mass is 372 g/mol. The van der Waals surface area contributed by atoms with E-state index in [0.29, 0.717) is 25.7 Å². The quantitative estimate of drug-likeness (QED) is 0.272. The summed E-state index contributed by atoms with van der Waals surface area (Å²) < 4.78 is 0. The predicted octanol–water partition coefficient (Wildman–Crippen LogP) is -1.43. The molecule has 0 fully saturated rings. The number of rotatable bonds is 13. The van der Waals surface area contributed by atoms with Crippen molar-refractivity contribution in [3.8, 4) is 0 Å². The van der Waals surface area contributed by atoms with Gasteiger partial charge in [-0.2, -0.15) is 0 Å². The predicted molar refractivity (Wildman–Crippen MR) is 97.5 cm³/mol. The Bertz CT molecular complexity index is 494. The van der Waals surface area contributed by atoms with Gasteiger partial charge in [-0.15, -0.1) is 0 Å². The van der Waals surface area contributed by atoms with Crippen molar-refractivity contribution in [3.63, 3.8) is 0 Å². The molecular formula is C20H29NaO5. The molecule has 0 saturated heterocycles. The number of hydrogen-bond acceptors (Lipinski definition) is 5. The molecule has 3 N–H and O–H groups in total. The van der Waals surface area contributed by atoms with Crippen molar-refractivity contribution < 1.29 is 54.8 Å². The molecule has 0 aromatic heterocycles. The fourth-order valence-corrected chi connectivity index (χ4v) is 1.77. The summed E-state index contributed by atoms with van der Waals surface area (Å²) in [6.45, 7) is 1.90. The average Bonchev–Trinajstić information content (AvgIpc) is 2.57. The Hall–Kier alpha value is -0.950. The van der Waals surface area contributed by atoms with Gasteiger partial charge in [0.05, 0.1) is 18.3 Å². The number of aliphatic hydroxyl groups excluding tert-OH is 3. The fraction of sp³-hybridized carbons (Fsp3) is 0.450. The second-order valence-corrected chi connectivity index (χ2v) is 5.58. The zero-order valence-corrected chi connectivity index (χ0v) is 17.7. The Morgan fingerprint density at radius 1 is 0.885 bits per heavy atom. The first kappa shape index (κ1) is 27.3. The van der Waals surface area contributed by atoms with Gasteiger partial charge in [0, 0.05) is 5.97 Å². The molecule has 0 aliphatic carbocycles. The molecule has 0 bridgehead atoms. The van der Waals surface area contributed by atoms with Crippen LogP contribution in [0.2, 0.25) is 0 Å². The van der Waals surface area contributed by atoms with E-state index >= 15 is 0 Å². The summed E-state index contributed by atoms with van der Waals surface area (Å²) in [5.41, 5.74) is 0. The third-order valence-electron chi connectivity index (χ3n) is 3.26. The van der Waals surface area contributed by atoms with Crippen LogP contribution in [-0.2, 0) is 4.79 Å². The number of allylic oxidation sites excluding steroid dienone is 6. The van der Waals surface area contributed by atoms with Gasteiger partial charge in [0.2, 0.25) is 0 Å². The van der Waals surface area contributed by atoms with E-state index < -0.39 is 24.3 Å². The first-order chi connectivity index (χ1) is 12.0. The largest absolute Gasteiger partial charge is 1.00 e. The second-order valence-electron chi connectivity index (χ2n) is 5.58. The summed E-state index contributed by atoms with van der Waals surface area (Å²) in [6.07, 6.45) is 17.3. The van der Waals surface area contributed by atoms with Crippen LogP contribution in [0.15, 0.2) is 60.8 Å². The van der Waals surface area contributed by atoms with E-state index in [-0.39, 0.29) is 36.0 Å². The Labute approximate surface area is 178 Å². The van der Waals surface area contributed by atoms with Crippen molar-refractivity contribution in [2.45, 2.75) is 57.3 Å². The standard InChI is InChI=1S/C20H30O5.Na/c1-2-17(21)11-8-5-9-14-18(22)12-6-3-4-7-13-19(23)15-10-16-20(24)25;/h3-9,11-13,17-19,21-23H,2,10,14-16H2,1H3,(H,24,25);/q;+1/p-1/b4-3+,9-5-,11-8+,12-6+,13-7-;/t17-,18+,19-;/m1./s1. The van der Waals surface area contributed by atoms with Gasteiger partial charge in [-0.1, -0.05) is 67.7 Å². The maximum atomic E-state index is 10.2. The van der Waals surface area contributed by atoms with E-state index in [1.807, 2.05) is 13.0 Å². The average molecular weight is 372 g/mol. The van der Waals surface area contributed by atoms with E-state index in [0.717, 1.165) is 0 Å². The topological polar surface area (TPSA) is 101 Å². The maximum absolute atomic E-state index is 10.2. The van der Waals surface area contributed by atoms with Gasteiger partial charge < -0.3 is 25.2 Å². The Morgan fingerprint density at radius 2 is 1.42 bits per heavy atom. The Morgan fingerprint density at radius 3 is 2.00 bits per heavy atom. The normalized spacial score (nSPS) is 16.0. The molecule has 0 aliphatic rings. The van der Waals surface area contributed by atoms with Crippen LogP contribution in [0.1, 0.15) is 39.0 Å². The molecule has 0 aromatic carbocycles. The molecule has 0 unspecified atom stereocenters. The third-order valence-corrected chi connectivity index (χ3v) is 3.26. The van der Waals surface area contributed by atoms with E-state index in [4.69, 9.17) is 0 Å². The molecule has 0 spiro atoms. The van der Waals surface area contributed by atoms with Gasteiger partial charge in [0.1, 0.15) is 0 Å². The van der Waals surface area contributed by atoms with Gasteiger partial charge in [0.15, 0.2) is 0 Å². The van der Waals surface area contributed by atoms with E-state index in [9.17, 15) is 25.2 Å². The van der Waals surface area contributed by atoms with E-state index in [1.54, 1.807) is 54.7 Å². The fourth-order valence-electron chi connectivity index (χ4n) is 1.77. The van der Waals surface area contributed by atoms with Gasteiger partial charge in [-0.25, -0.2) is 0 Å². The summed E-state index contributed by atoms with van der Waals surface area (Å²) >= 11 is 0. The van der Waals surface area contributed by atoms with Crippen LogP contribution in [0.4, 0.5) is 0 Å². The molecule has 5 nitrogen and oxygen atoms in total. The zero-order chi connectivity index (χ0) is 18.9. The molecule has 26 heavy (non-hydrogen) atoms. The van der Waals surface area contributed by atoms with Crippen LogP contribution in [-0.4, -0.2) is 39.6 Å². The summed E-state index contributed by atoms with van der Waals surface area (Å²) in [7, 11) is 0. The molecule has 6 heteroatoms. The van der Waals surface area contributed by atoms with Gasteiger partial charge in [-0.05, 0) is 32.1 Å². The summed E-state index contributed by atoms with van der Waals surface area (Å²) in [4.78, 5) is 10.2. The molecule has 0 aromatic rings. The minimum Gasteiger partial charge on any atom is -0.550 e. The van der Waals surface area contributed by atoms with Crippen LogP contribution in [0.25, 0.3) is 0 Å². The minimum absolute atomic E-state index is 0. The van der Waals surface area contributed by atoms with Crippen LogP contribution in [0.3, 0.4) is 0 Å². The van der Waals surface area contributed by atoms with Crippen molar-refractivity contribution >= 4 is 5.97 Å². The van der Waals surface area contributed by atoms with E-state index in [2.05, 4.69) is 0 Å². The number of aliphatic hydroxyl groups is 3. The second kappa shape index (κ2) is 18.8. The van der Waals surface area contributed by atoms with Crippen molar-refractivity contribution in [1.82, 2.24) is 0 Å². The molecule has 3 atom stereocenters. The first-order valence-corrected chi connectivity index (χ1v) is 8.54. The number of carbonyl (C=O) groups is 1. The summed E-state index contributed by atoms with van der Waals surface area (Å²) in [6, 6.07) is 0. The number of aliphatic carboxylic acids is 1. The number of hydrogen-bond donors (Lipinski definition) is 3. The molecule has 0 radical (unpaired) electrons. The van der Waals surface area contributed by atoms with Crippen LogP contribution in [0, 0.1) is 0 Å². The first-order valence-electron chi connectivity index (χ1n) is 8.54. The number of carbonyl (C=O) groups excluding carboxylic acids is 1. The van der Waals surface area contributed by atoms with E-state index in [1.165, 1.54) is 0 Å². The van der Waals surface area contributed by atoms with Gasteiger partial charge >= 0.3 is 29.6 Å². The minimum atomic E-state index is -1.11. The van der Waals surface area contributed by atoms with Crippen LogP contribution >= 0.6 is 0 Å². The van der Waals surface area contributed by atoms with Gasteiger partial charge in [0.25, 0.3) is 0 Å². The van der Waals surface area contributed by atoms with Crippen molar-refractivity contribution in [3.05, 3.63) is 60.8 Å². The summed E-state index contributed by atoms with van der Waals surface area (Å²) in [5, 5.41) is 38.9. The molecule has 0 rings (SSSR count). The van der Waals surface area contributed by atoms with Crippen LogP contribution < -0.4 is 34.7 Å². The summed E-state index contributed by atoms with van der Waals surface area (Å²) in [5.74, 6) is -1.11. The molecule has 0 aliphatic heterocycles. The molecule has 0 saturated carbocycles. The van der Waals surface area contributed by atoms with Gasteiger partial charge in [-0.3, -0.25) is 0 Å². The SMILES string of the molecule is CC[C@@H](O)/C=C/C=C\C[C@@H](O)/C=C/C=C/C=C\[C@@H](O)CCCC(=O)[O-].[Na+]. The van der Waals surface area contributed by atoms with Crippen molar-refractivity contribution in [1.29, 1.82) is 0 Å². The zero-order valence-electron chi connectivity index (χ0n) is 15.7. The Kier molecular flexibility index (Phi) is 19.7. The van der Waals surface area contributed by atoms with Crippen molar-refractivity contribution in [2.24, 2.45) is 0 Å². The molecule has 140 valence electrons. The van der Waals surface area contributed by atoms with Crippen molar-refractivity contribution in [2.75, 3.05) is 0 Å².